The average Bonchev–Trinajstić information content (AvgIpc) is 2.06. The molecule has 0 amide bonds. The van der Waals surface area contributed by atoms with Crippen molar-refractivity contribution in [3.8, 4) is 0 Å². The van der Waals surface area contributed by atoms with E-state index in [-0.39, 0.29) is 0 Å². The highest BCUT2D eigenvalue weighted by molar-refractivity contribution is 5.74. The zero-order chi connectivity index (χ0) is 8.81. The summed E-state index contributed by atoms with van der Waals surface area (Å²) in [6.07, 6.45) is 3.90. The van der Waals surface area contributed by atoms with Gasteiger partial charge in [0.05, 0.1) is 13.2 Å². The lowest BCUT2D eigenvalue weighted by molar-refractivity contribution is 0.228. The maximum Gasteiger partial charge on any atom is 0.194 e. The van der Waals surface area contributed by atoms with E-state index >= 15 is 0 Å². The second-order valence-electron chi connectivity index (χ2n) is 3.19. The van der Waals surface area contributed by atoms with E-state index in [0.717, 1.165) is 13.1 Å². The van der Waals surface area contributed by atoms with Gasteiger partial charge in [0.2, 0.25) is 0 Å². The Labute approximate surface area is 74.2 Å². The topological polar surface area (TPSA) is 36.3 Å². The van der Waals surface area contributed by atoms with Gasteiger partial charge in [-0.25, -0.2) is 0 Å². The number of nitrogens with one attached hydrogen (secondary N) is 1. The van der Waals surface area contributed by atoms with Gasteiger partial charge < -0.3 is 4.74 Å². The van der Waals surface area contributed by atoms with Gasteiger partial charge in [-0.05, 0) is 32.9 Å². The third-order valence-electron chi connectivity index (χ3n) is 2.13. The highest BCUT2D eigenvalue weighted by Gasteiger charge is 2.11. The Morgan fingerprint density at radius 3 is 2.58 bits per heavy atom. The molecule has 0 aromatic heterocycles. The van der Waals surface area contributed by atoms with Crippen LogP contribution >= 0.6 is 0 Å². The molecule has 0 spiro atoms. The van der Waals surface area contributed by atoms with E-state index in [1.165, 1.54) is 19.3 Å². The summed E-state index contributed by atoms with van der Waals surface area (Å²) in [4.78, 5) is 2.29. The van der Waals surface area contributed by atoms with Crippen molar-refractivity contribution in [3.05, 3.63) is 0 Å². The van der Waals surface area contributed by atoms with Crippen LogP contribution in [0.5, 0.6) is 0 Å². The predicted molar refractivity (Wildman–Crippen MR) is 49.6 cm³/mol. The first kappa shape index (κ1) is 9.52. The highest BCUT2D eigenvalue weighted by atomic mass is 16.5. The Morgan fingerprint density at radius 1 is 1.33 bits per heavy atom. The molecular weight excluding hydrogens is 152 g/mol. The standard InChI is InChI=1S/C9H18N2O/c1-2-12-9(10)8-11-6-4-3-5-7-11/h10H,2-8H2,1H3. The first-order valence-electron chi connectivity index (χ1n) is 4.75. The lowest BCUT2D eigenvalue weighted by Crippen LogP contribution is -2.34. The number of ether oxygens (including phenoxy) is 1. The maximum atomic E-state index is 7.46. The Hall–Kier alpha value is -0.570. The van der Waals surface area contributed by atoms with Crippen molar-refractivity contribution in [1.82, 2.24) is 4.90 Å². The third kappa shape index (κ3) is 3.22. The van der Waals surface area contributed by atoms with Gasteiger partial charge in [-0.1, -0.05) is 6.42 Å². The van der Waals surface area contributed by atoms with Crippen LogP contribution in [0.25, 0.3) is 0 Å². The van der Waals surface area contributed by atoms with Gasteiger partial charge in [-0.3, -0.25) is 10.3 Å². The van der Waals surface area contributed by atoms with Crippen molar-refractivity contribution < 1.29 is 4.74 Å². The van der Waals surface area contributed by atoms with Crippen molar-refractivity contribution >= 4 is 5.90 Å². The minimum Gasteiger partial charge on any atom is -0.481 e. The summed E-state index contributed by atoms with van der Waals surface area (Å²) in [5.41, 5.74) is 0. The van der Waals surface area contributed by atoms with Gasteiger partial charge in [-0.2, -0.15) is 0 Å². The van der Waals surface area contributed by atoms with E-state index in [0.29, 0.717) is 19.0 Å². The molecule has 0 bridgehead atoms. The molecule has 1 aliphatic rings. The smallest absolute Gasteiger partial charge is 0.194 e. The minimum absolute atomic E-state index is 0.416. The van der Waals surface area contributed by atoms with Gasteiger partial charge in [0.1, 0.15) is 0 Å². The molecule has 0 unspecified atom stereocenters. The van der Waals surface area contributed by atoms with Crippen molar-refractivity contribution in [2.24, 2.45) is 0 Å². The van der Waals surface area contributed by atoms with Crippen LogP contribution in [0, 0.1) is 5.41 Å². The molecule has 0 radical (unpaired) electrons. The van der Waals surface area contributed by atoms with E-state index in [1.54, 1.807) is 0 Å². The van der Waals surface area contributed by atoms with Crippen LogP contribution in [0.15, 0.2) is 0 Å². The fourth-order valence-electron chi connectivity index (χ4n) is 1.54. The second kappa shape index (κ2) is 5.14. The van der Waals surface area contributed by atoms with Crippen LogP contribution in [0.4, 0.5) is 0 Å². The van der Waals surface area contributed by atoms with E-state index in [4.69, 9.17) is 10.1 Å². The molecular formula is C9H18N2O. The molecule has 70 valence electrons. The monoisotopic (exact) mass is 170 g/mol. The minimum atomic E-state index is 0.416. The van der Waals surface area contributed by atoms with Gasteiger partial charge in [0.25, 0.3) is 0 Å². The zero-order valence-corrected chi connectivity index (χ0v) is 7.81. The molecule has 1 rings (SSSR count). The Morgan fingerprint density at radius 2 is 2.00 bits per heavy atom. The summed E-state index contributed by atoms with van der Waals surface area (Å²) >= 11 is 0. The lowest BCUT2D eigenvalue weighted by atomic mass is 10.1. The summed E-state index contributed by atoms with van der Waals surface area (Å²) in [7, 11) is 0. The normalized spacial score (nSPS) is 19.1. The molecule has 1 saturated heterocycles. The Bertz CT molecular complexity index is 141. The van der Waals surface area contributed by atoms with Gasteiger partial charge in [0.15, 0.2) is 5.90 Å². The summed E-state index contributed by atoms with van der Waals surface area (Å²) in [5.74, 6) is 0.416. The Balaban J connectivity index is 2.15. The Kier molecular flexibility index (Phi) is 4.08. The van der Waals surface area contributed by atoms with Crippen LogP contribution in [-0.2, 0) is 4.74 Å². The summed E-state index contributed by atoms with van der Waals surface area (Å²) in [6.45, 7) is 5.51. The molecule has 3 heteroatoms. The summed E-state index contributed by atoms with van der Waals surface area (Å²) < 4.78 is 5.09. The molecule has 12 heavy (non-hydrogen) atoms. The fourth-order valence-corrected chi connectivity index (χ4v) is 1.54. The molecule has 1 fully saturated rings. The molecule has 0 aromatic carbocycles. The van der Waals surface area contributed by atoms with Gasteiger partial charge in [-0.15, -0.1) is 0 Å². The third-order valence-corrected chi connectivity index (χ3v) is 2.13. The number of hydrogen-bond acceptors (Lipinski definition) is 3. The van der Waals surface area contributed by atoms with E-state index in [9.17, 15) is 0 Å². The second-order valence-corrected chi connectivity index (χ2v) is 3.19. The number of likely N-dealkylation sites (tertiary alicyclic amines) is 1. The lowest BCUT2D eigenvalue weighted by Gasteiger charge is -2.25. The summed E-state index contributed by atoms with van der Waals surface area (Å²) in [5, 5.41) is 7.46. The van der Waals surface area contributed by atoms with Crippen LogP contribution in [-0.4, -0.2) is 37.0 Å². The first-order valence-corrected chi connectivity index (χ1v) is 4.75. The zero-order valence-electron chi connectivity index (χ0n) is 7.81. The largest absolute Gasteiger partial charge is 0.481 e. The molecule has 0 aliphatic carbocycles. The molecule has 0 saturated carbocycles. The van der Waals surface area contributed by atoms with Crippen LogP contribution in [0.3, 0.4) is 0 Å². The highest BCUT2D eigenvalue weighted by Crippen LogP contribution is 2.07. The van der Waals surface area contributed by atoms with Crippen LogP contribution < -0.4 is 0 Å². The molecule has 0 aromatic rings. The molecule has 1 aliphatic heterocycles. The molecule has 1 heterocycles. The number of nitrogens with zero attached hydrogens (tertiary/aromatic N) is 1. The van der Waals surface area contributed by atoms with Crippen molar-refractivity contribution in [3.63, 3.8) is 0 Å². The van der Waals surface area contributed by atoms with Crippen LogP contribution in [0.1, 0.15) is 26.2 Å². The SMILES string of the molecule is CCOC(=N)CN1CCCCC1. The van der Waals surface area contributed by atoms with Gasteiger partial charge >= 0.3 is 0 Å². The first-order chi connectivity index (χ1) is 5.83. The van der Waals surface area contributed by atoms with Crippen LogP contribution in [0.2, 0.25) is 0 Å². The molecule has 3 nitrogen and oxygen atoms in total. The number of rotatable bonds is 3. The number of piperidine rings is 1. The molecule has 0 atom stereocenters. The van der Waals surface area contributed by atoms with E-state index in [2.05, 4.69) is 4.90 Å². The van der Waals surface area contributed by atoms with Crippen molar-refractivity contribution in [2.45, 2.75) is 26.2 Å². The maximum absolute atomic E-state index is 7.46. The quantitative estimate of drug-likeness (QED) is 0.514. The van der Waals surface area contributed by atoms with Crippen molar-refractivity contribution in [2.75, 3.05) is 26.2 Å². The predicted octanol–water partition coefficient (Wildman–Crippen LogP) is 1.49. The van der Waals surface area contributed by atoms with Gasteiger partial charge in [0, 0.05) is 0 Å². The average molecular weight is 170 g/mol. The summed E-state index contributed by atoms with van der Waals surface area (Å²) in [6, 6.07) is 0. The van der Waals surface area contributed by atoms with E-state index < -0.39 is 0 Å². The number of hydrogen-bond donors (Lipinski definition) is 1. The van der Waals surface area contributed by atoms with E-state index in [1.807, 2.05) is 6.92 Å². The molecule has 1 N–H and O–H groups in total. The fraction of sp³-hybridized carbons (Fsp3) is 0.889. The van der Waals surface area contributed by atoms with Crippen molar-refractivity contribution in [1.29, 1.82) is 5.41 Å².